The van der Waals surface area contributed by atoms with E-state index in [4.69, 9.17) is 10.5 Å². The van der Waals surface area contributed by atoms with Gasteiger partial charge in [-0.05, 0) is 12.5 Å². The fourth-order valence-electron chi connectivity index (χ4n) is 2.99. The Balaban J connectivity index is 1.71. The summed E-state index contributed by atoms with van der Waals surface area (Å²) in [6.45, 7) is 4.73. The highest BCUT2D eigenvalue weighted by Gasteiger charge is 2.47. The summed E-state index contributed by atoms with van der Waals surface area (Å²) in [4.78, 5) is 4.61. The lowest BCUT2D eigenvalue weighted by Gasteiger charge is -2.49. The van der Waals surface area contributed by atoms with Gasteiger partial charge < -0.3 is 20.9 Å². The number of aliphatic hydroxyl groups excluding tert-OH is 1. The molecule has 2 aliphatic rings. The monoisotopic (exact) mass is 289 g/mol. The van der Waals surface area contributed by atoms with E-state index in [9.17, 15) is 5.11 Å². The lowest BCUT2D eigenvalue weighted by Crippen LogP contribution is -2.62. The van der Waals surface area contributed by atoms with Crippen molar-refractivity contribution in [2.45, 2.75) is 44.9 Å². The summed E-state index contributed by atoms with van der Waals surface area (Å²) in [6.07, 6.45) is 1.27. The van der Waals surface area contributed by atoms with Gasteiger partial charge in [-0.2, -0.15) is 0 Å². The number of hydrogen-bond acceptors (Lipinski definition) is 3. The van der Waals surface area contributed by atoms with Gasteiger partial charge in [0.2, 0.25) is 0 Å². The lowest BCUT2D eigenvalue weighted by molar-refractivity contribution is -0.0660. The molecule has 21 heavy (non-hydrogen) atoms. The van der Waals surface area contributed by atoms with Gasteiger partial charge in [-0.3, -0.25) is 0 Å². The largest absolute Gasteiger partial charge is 0.493 e. The maximum absolute atomic E-state index is 9.77. The maximum atomic E-state index is 9.77. The van der Waals surface area contributed by atoms with Crippen LogP contribution in [0.5, 0.6) is 5.75 Å². The van der Waals surface area contributed by atoms with Crippen molar-refractivity contribution in [3.8, 4) is 5.75 Å². The molecule has 4 N–H and O–H groups in total. The Hall–Kier alpha value is -1.75. The third-order valence-electron chi connectivity index (χ3n) is 4.76. The minimum Gasteiger partial charge on any atom is -0.493 e. The van der Waals surface area contributed by atoms with Gasteiger partial charge in [-0.25, -0.2) is 4.99 Å². The van der Waals surface area contributed by atoms with Crippen molar-refractivity contribution in [3.05, 3.63) is 29.8 Å². The van der Waals surface area contributed by atoms with E-state index in [1.165, 1.54) is 0 Å². The summed E-state index contributed by atoms with van der Waals surface area (Å²) >= 11 is 0. The molecular weight excluding hydrogens is 266 g/mol. The molecule has 0 aromatic heterocycles. The quantitative estimate of drug-likeness (QED) is 0.570. The van der Waals surface area contributed by atoms with Gasteiger partial charge in [-0.15, -0.1) is 0 Å². The predicted molar refractivity (Wildman–Crippen MR) is 82.2 cm³/mol. The Morgan fingerprint density at radius 1 is 1.43 bits per heavy atom. The summed E-state index contributed by atoms with van der Waals surface area (Å²) in [5, 5.41) is 13.0. The topological polar surface area (TPSA) is 79.9 Å². The zero-order chi connectivity index (χ0) is 15.0. The Morgan fingerprint density at radius 3 is 2.90 bits per heavy atom. The van der Waals surface area contributed by atoms with E-state index >= 15 is 0 Å². The summed E-state index contributed by atoms with van der Waals surface area (Å²) in [5.41, 5.74) is 6.98. The van der Waals surface area contributed by atoms with E-state index in [-0.39, 0.29) is 23.6 Å². The molecule has 1 heterocycles. The third kappa shape index (κ3) is 2.58. The highest BCUT2D eigenvalue weighted by atomic mass is 16.5. The summed E-state index contributed by atoms with van der Waals surface area (Å²) in [7, 11) is 0. The van der Waals surface area contributed by atoms with Gasteiger partial charge in [0.1, 0.15) is 5.75 Å². The third-order valence-corrected chi connectivity index (χ3v) is 4.76. The molecule has 0 amide bonds. The van der Waals surface area contributed by atoms with Gasteiger partial charge in [0, 0.05) is 23.4 Å². The molecule has 3 atom stereocenters. The second-order valence-electron chi connectivity index (χ2n) is 6.47. The van der Waals surface area contributed by atoms with Gasteiger partial charge in [0.05, 0.1) is 18.8 Å². The highest BCUT2D eigenvalue weighted by Crippen LogP contribution is 2.40. The van der Waals surface area contributed by atoms with Crippen LogP contribution in [0.4, 0.5) is 0 Å². The molecule has 5 heteroatoms. The van der Waals surface area contributed by atoms with Crippen LogP contribution in [0.2, 0.25) is 0 Å². The van der Waals surface area contributed by atoms with Crippen LogP contribution in [0.3, 0.4) is 0 Å². The Morgan fingerprint density at radius 2 is 2.19 bits per heavy atom. The number of nitrogens with one attached hydrogen (secondary N) is 1. The zero-order valence-electron chi connectivity index (χ0n) is 12.5. The van der Waals surface area contributed by atoms with Crippen molar-refractivity contribution >= 4 is 5.96 Å². The summed E-state index contributed by atoms with van der Waals surface area (Å²) in [5.74, 6) is 1.34. The van der Waals surface area contributed by atoms with Gasteiger partial charge in [0.15, 0.2) is 5.96 Å². The molecule has 1 fully saturated rings. The molecule has 0 saturated heterocycles. The molecule has 5 nitrogen and oxygen atoms in total. The second-order valence-corrected chi connectivity index (χ2v) is 6.47. The first-order valence-corrected chi connectivity index (χ1v) is 7.48. The average Bonchev–Trinajstić information content (AvgIpc) is 2.47. The fraction of sp³-hybridized carbons (Fsp3) is 0.562. The zero-order valence-corrected chi connectivity index (χ0v) is 12.5. The normalized spacial score (nSPS) is 30.8. The molecule has 0 bridgehead atoms. The number of hydrogen-bond donors (Lipinski definition) is 3. The predicted octanol–water partition coefficient (Wildman–Crippen LogP) is 1.57. The second kappa shape index (κ2) is 5.22. The number of para-hydroxylation sites is 1. The highest BCUT2D eigenvalue weighted by molar-refractivity contribution is 5.78. The fourth-order valence-corrected chi connectivity index (χ4v) is 2.99. The molecule has 1 saturated carbocycles. The number of benzene rings is 1. The van der Waals surface area contributed by atoms with E-state index in [1.54, 1.807) is 0 Å². The molecule has 3 unspecified atom stereocenters. The molecule has 114 valence electrons. The molecule has 1 aromatic carbocycles. The minimum atomic E-state index is -0.272. The van der Waals surface area contributed by atoms with Gasteiger partial charge >= 0.3 is 0 Å². The van der Waals surface area contributed by atoms with Crippen LogP contribution in [-0.2, 0) is 0 Å². The van der Waals surface area contributed by atoms with Crippen molar-refractivity contribution in [1.29, 1.82) is 0 Å². The van der Waals surface area contributed by atoms with E-state index in [2.05, 4.69) is 10.3 Å². The van der Waals surface area contributed by atoms with E-state index < -0.39 is 0 Å². The smallest absolute Gasteiger partial charge is 0.189 e. The number of fused-ring (bicyclic) bond motifs is 1. The molecule has 3 rings (SSSR count). The molecule has 0 spiro atoms. The van der Waals surface area contributed by atoms with Crippen LogP contribution >= 0.6 is 0 Å². The van der Waals surface area contributed by atoms with Gasteiger partial charge in [0.25, 0.3) is 0 Å². The van der Waals surface area contributed by atoms with Crippen LogP contribution in [0.25, 0.3) is 0 Å². The first-order chi connectivity index (χ1) is 9.98. The number of nitrogens with zero attached hydrogens (tertiary/aromatic N) is 1. The minimum absolute atomic E-state index is 0.0376. The molecule has 1 aromatic rings. The molecule has 1 aliphatic heterocycles. The van der Waals surface area contributed by atoms with Gasteiger partial charge in [-0.1, -0.05) is 32.0 Å². The number of ether oxygens (including phenoxy) is 1. The summed E-state index contributed by atoms with van der Waals surface area (Å²) < 4.78 is 5.63. The van der Waals surface area contributed by atoms with E-state index in [1.807, 2.05) is 38.1 Å². The maximum Gasteiger partial charge on any atom is 0.189 e. The van der Waals surface area contributed by atoms with E-state index in [0.717, 1.165) is 17.7 Å². The molecular formula is C16H23N3O2. The van der Waals surface area contributed by atoms with Crippen molar-refractivity contribution in [2.75, 3.05) is 6.61 Å². The van der Waals surface area contributed by atoms with Crippen LogP contribution in [0, 0.1) is 5.41 Å². The van der Waals surface area contributed by atoms with Crippen molar-refractivity contribution in [2.24, 2.45) is 16.1 Å². The Kier molecular flexibility index (Phi) is 3.53. The number of guanidine groups is 1. The SMILES string of the molecule is CC1(C)C(O)CC1NC(N)=NC1CCOc2ccccc21. The summed E-state index contributed by atoms with van der Waals surface area (Å²) in [6, 6.07) is 8.16. The van der Waals surface area contributed by atoms with Crippen molar-refractivity contribution in [3.63, 3.8) is 0 Å². The van der Waals surface area contributed by atoms with Crippen LogP contribution in [0.1, 0.15) is 38.3 Å². The first-order valence-electron chi connectivity index (χ1n) is 7.48. The number of nitrogens with two attached hydrogens (primary N) is 1. The first kappa shape index (κ1) is 14.2. The van der Waals surface area contributed by atoms with Crippen molar-refractivity contribution < 1.29 is 9.84 Å². The van der Waals surface area contributed by atoms with Crippen LogP contribution < -0.4 is 15.8 Å². The lowest BCUT2D eigenvalue weighted by atomic mass is 9.64. The molecule has 0 radical (unpaired) electrons. The average molecular weight is 289 g/mol. The number of aliphatic imine (C=N–C) groups is 1. The van der Waals surface area contributed by atoms with E-state index in [0.29, 0.717) is 19.0 Å². The number of aliphatic hydroxyl groups is 1. The van der Waals surface area contributed by atoms with Crippen molar-refractivity contribution in [1.82, 2.24) is 5.32 Å². The van der Waals surface area contributed by atoms with Crippen LogP contribution in [0.15, 0.2) is 29.3 Å². The standard InChI is InChI=1S/C16H23N3O2/c1-16(2)13(9-14(16)20)19-15(17)18-11-7-8-21-12-6-4-3-5-10(11)12/h3-6,11,13-14,20H,7-9H2,1-2H3,(H3,17,18,19). The number of rotatable bonds is 2. The Labute approximate surface area is 125 Å². The molecule has 1 aliphatic carbocycles. The van der Waals surface area contributed by atoms with Crippen LogP contribution in [-0.4, -0.2) is 29.8 Å². The Bertz CT molecular complexity index is 556.